The highest BCUT2D eigenvalue weighted by Gasteiger charge is 2.23. The number of carbonyl (C=O) groups excluding carboxylic acids is 1. The van der Waals surface area contributed by atoms with Crippen molar-refractivity contribution in [2.75, 3.05) is 17.7 Å². The molecule has 1 aromatic carbocycles. The molecule has 0 spiro atoms. The summed E-state index contributed by atoms with van der Waals surface area (Å²) in [4.78, 5) is 19.8. The highest BCUT2D eigenvalue weighted by Crippen LogP contribution is 2.36. The fourth-order valence-corrected chi connectivity index (χ4v) is 2.90. The number of carbonyl (C=O) groups is 1. The van der Waals surface area contributed by atoms with Gasteiger partial charge in [0.2, 0.25) is 11.9 Å². The summed E-state index contributed by atoms with van der Waals surface area (Å²) < 4.78 is 0.744. The summed E-state index contributed by atoms with van der Waals surface area (Å²) in [6.45, 7) is 4.12. The molecule has 1 fully saturated rings. The van der Waals surface area contributed by atoms with E-state index < -0.39 is 0 Å². The van der Waals surface area contributed by atoms with Crippen molar-refractivity contribution in [3.05, 3.63) is 64.5 Å². The van der Waals surface area contributed by atoms with E-state index in [1.54, 1.807) is 6.20 Å². The van der Waals surface area contributed by atoms with Gasteiger partial charge in [0, 0.05) is 18.9 Å². The Hall–Kier alpha value is -2.87. The van der Waals surface area contributed by atoms with E-state index in [2.05, 4.69) is 48.4 Å². The van der Waals surface area contributed by atoms with Crippen molar-refractivity contribution in [1.82, 2.24) is 15.3 Å². The largest absolute Gasteiger partial charge is 0.375 e. The second kappa shape index (κ2) is 8.88. The second-order valence-corrected chi connectivity index (χ2v) is 7.49. The van der Waals surface area contributed by atoms with Crippen molar-refractivity contribution < 1.29 is 4.79 Å². The lowest BCUT2D eigenvalue weighted by atomic mass is 10.1. The molecule has 3 rings (SSSR count). The van der Waals surface area contributed by atoms with Gasteiger partial charge in [-0.15, -0.1) is 0 Å². The number of halogens is 1. The lowest BCUT2D eigenvalue weighted by molar-refractivity contribution is -0.117. The molecule has 1 aromatic heterocycles. The summed E-state index contributed by atoms with van der Waals surface area (Å²) in [5.41, 5.74) is 8.00. The fraction of sp³-hybridized carbons (Fsp3) is 0.250. The first-order valence-electron chi connectivity index (χ1n) is 8.96. The predicted molar refractivity (Wildman–Crippen MR) is 115 cm³/mol. The van der Waals surface area contributed by atoms with Crippen LogP contribution < -0.4 is 21.7 Å². The Morgan fingerprint density at radius 2 is 2.07 bits per heavy atom. The first kappa shape index (κ1) is 19.9. The average Bonchev–Trinajstić information content (AvgIpc) is 3.50. The Kier molecular flexibility index (Phi) is 6.30. The first-order chi connectivity index (χ1) is 13.4. The summed E-state index contributed by atoms with van der Waals surface area (Å²) >= 11 is 3.48. The van der Waals surface area contributed by atoms with Crippen molar-refractivity contribution in [1.29, 1.82) is 0 Å². The number of aromatic nitrogens is 2. The van der Waals surface area contributed by atoms with Gasteiger partial charge in [0.15, 0.2) is 5.82 Å². The van der Waals surface area contributed by atoms with Gasteiger partial charge in [0.25, 0.3) is 0 Å². The van der Waals surface area contributed by atoms with Gasteiger partial charge in [-0.3, -0.25) is 4.79 Å². The summed E-state index contributed by atoms with van der Waals surface area (Å²) in [5, 5.41) is 9.55. The molecule has 1 aliphatic carbocycles. The number of rotatable bonds is 9. The minimum Gasteiger partial charge on any atom is -0.375 e. The zero-order valence-corrected chi connectivity index (χ0v) is 17.2. The number of hydrogen-bond donors (Lipinski definition) is 4. The van der Waals surface area contributed by atoms with E-state index in [0.29, 0.717) is 17.7 Å². The van der Waals surface area contributed by atoms with Crippen LogP contribution in [0.2, 0.25) is 0 Å². The van der Waals surface area contributed by atoms with Crippen molar-refractivity contribution in [3.63, 3.8) is 0 Å². The summed E-state index contributed by atoms with van der Waals surface area (Å²) in [5.74, 6) is 2.13. The van der Waals surface area contributed by atoms with Crippen LogP contribution in [0.15, 0.2) is 59.0 Å². The van der Waals surface area contributed by atoms with Crippen LogP contribution in [0.1, 0.15) is 18.4 Å². The Morgan fingerprint density at radius 3 is 2.68 bits per heavy atom. The molecule has 0 saturated heterocycles. The summed E-state index contributed by atoms with van der Waals surface area (Å²) in [7, 11) is 1.85. The highest BCUT2D eigenvalue weighted by atomic mass is 79.9. The average molecular weight is 443 g/mol. The molecule has 1 amide bonds. The van der Waals surface area contributed by atoms with E-state index in [9.17, 15) is 4.79 Å². The summed E-state index contributed by atoms with van der Waals surface area (Å²) in [6, 6.07) is 7.40. The highest BCUT2D eigenvalue weighted by molar-refractivity contribution is 9.10. The van der Waals surface area contributed by atoms with E-state index in [1.165, 1.54) is 12.8 Å². The molecule has 146 valence electrons. The lowest BCUT2D eigenvalue weighted by Gasteiger charge is -2.13. The zero-order chi connectivity index (χ0) is 20.1. The maximum absolute atomic E-state index is 11.0. The van der Waals surface area contributed by atoms with E-state index in [0.717, 1.165) is 27.1 Å². The Morgan fingerprint density at radius 1 is 1.36 bits per heavy atom. The first-order valence-corrected chi connectivity index (χ1v) is 9.76. The third kappa shape index (κ3) is 5.56. The minimum absolute atomic E-state index is 0.217. The van der Waals surface area contributed by atoms with Crippen molar-refractivity contribution in [2.24, 2.45) is 11.7 Å². The fourth-order valence-electron chi connectivity index (χ4n) is 2.61. The smallest absolute Gasteiger partial charge is 0.229 e. The molecule has 2 aromatic rings. The molecule has 7 nitrogen and oxygen atoms in total. The predicted octanol–water partition coefficient (Wildman–Crippen LogP) is 3.45. The van der Waals surface area contributed by atoms with Crippen LogP contribution in [0.5, 0.6) is 0 Å². The van der Waals surface area contributed by atoms with Gasteiger partial charge in [0.1, 0.15) is 5.82 Å². The van der Waals surface area contributed by atoms with Crippen LogP contribution in [0, 0.1) is 5.92 Å². The molecule has 1 aliphatic rings. The molecule has 28 heavy (non-hydrogen) atoms. The van der Waals surface area contributed by atoms with E-state index >= 15 is 0 Å². The van der Waals surface area contributed by atoms with Crippen LogP contribution in [0.4, 0.5) is 17.5 Å². The molecule has 0 unspecified atom stereocenters. The molecule has 1 saturated carbocycles. The molecular weight excluding hydrogens is 420 g/mol. The third-order valence-electron chi connectivity index (χ3n) is 4.29. The molecule has 0 radical (unpaired) electrons. The lowest BCUT2D eigenvalue weighted by Crippen LogP contribution is -2.16. The van der Waals surface area contributed by atoms with Crippen molar-refractivity contribution >= 4 is 39.3 Å². The molecular formula is C20H23BrN6O. The number of primary amides is 1. The number of anilines is 3. The standard InChI is InChI=1S/C20H23BrN6O/c1-12(14-5-6-14)9-18(23-2)26-19-16(21)11-24-20(27-19)25-15-7-3-13(4-8-15)10-17(22)28/h3-4,7-9,11,14,23H,1,5-6,10H2,2H3,(H2,22,28)(H2,24,25,26,27)/b18-9+. The molecule has 0 aliphatic heterocycles. The van der Waals surface area contributed by atoms with Gasteiger partial charge in [-0.1, -0.05) is 18.7 Å². The maximum Gasteiger partial charge on any atom is 0.229 e. The van der Waals surface area contributed by atoms with E-state index in [-0.39, 0.29) is 12.3 Å². The number of nitrogens with zero attached hydrogens (tertiary/aromatic N) is 2. The quantitative estimate of drug-likeness (QED) is 0.443. The van der Waals surface area contributed by atoms with Gasteiger partial charge in [0.05, 0.1) is 10.9 Å². The SMILES string of the molecule is C=C(/C=C(\NC)Nc1nc(Nc2ccc(CC(N)=O)cc2)ncc1Br)C1CC1. The molecule has 8 heteroatoms. The number of allylic oxidation sites excluding steroid dienone is 2. The molecule has 5 N–H and O–H groups in total. The van der Waals surface area contributed by atoms with E-state index in [4.69, 9.17) is 5.73 Å². The normalized spacial score (nSPS) is 13.7. The van der Waals surface area contributed by atoms with Gasteiger partial charge >= 0.3 is 0 Å². The third-order valence-corrected chi connectivity index (χ3v) is 4.87. The van der Waals surface area contributed by atoms with Crippen LogP contribution in [0.3, 0.4) is 0 Å². The Labute approximate surface area is 172 Å². The maximum atomic E-state index is 11.0. The van der Waals surface area contributed by atoms with Crippen LogP contribution in [-0.2, 0) is 11.2 Å². The monoisotopic (exact) mass is 442 g/mol. The van der Waals surface area contributed by atoms with Gasteiger partial charge in [-0.25, -0.2) is 4.98 Å². The van der Waals surface area contributed by atoms with Gasteiger partial charge in [-0.2, -0.15) is 4.98 Å². The van der Waals surface area contributed by atoms with E-state index in [1.807, 2.05) is 37.4 Å². The number of amides is 1. The zero-order valence-electron chi connectivity index (χ0n) is 15.6. The Balaban J connectivity index is 1.71. The summed E-state index contributed by atoms with van der Waals surface area (Å²) in [6.07, 6.45) is 6.32. The van der Waals surface area contributed by atoms with Crippen molar-refractivity contribution in [3.8, 4) is 0 Å². The van der Waals surface area contributed by atoms with Crippen molar-refractivity contribution in [2.45, 2.75) is 19.3 Å². The number of nitrogens with one attached hydrogen (secondary N) is 3. The minimum atomic E-state index is -0.356. The molecule has 1 heterocycles. The van der Waals surface area contributed by atoms with Crippen LogP contribution in [0.25, 0.3) is 0 Å². The number of nitrogens with two attached hydrogens (primary N) is 1. The Bertz CT molecular complexity index is 905. The van der Waals surface area contributed by atoms with Gasteiger partial charge in [-0.05, 0) is 64.0 Å². The topological polar surface area (TPSA) is 105 Å². The number of benzene rings is 1. The molecule has 0 bridgehead atoms. The molecule has 0 atom stereocenters. The van der Waals surface area contributed by atoms with Gasteiger partial charge < -0.3 is 21.7 Å². The van der Waals surface area contributed by atoms with Crippen LogP contribution in [-0.4, -0.2) is 22.9 Å². The van der Waals surface area contributed by atoms with Crippen LogP contribution >= 0.6 is 15.9 Å². The number of hydrogen-bond acceptors (Lipinski definition) is 6. The second-order valence-electron chi connectivity index (χ2n) is 6.64.